The third-order valence-electron chi connectivity index (χ3n) is 5.15. The minimum atomic E-state index is -0.211. The van der Waals surface area contributed by atoms with Crippen molar-refractivity contribution in [3.63, 3.8) is 0 Å². The van der Waals surface area contributed by atoms with Crippen LogP contribution in [0.1, 0.15) is 35.4 Å². The van der Waals surface area contributed by atoms with Crippen molar-refractivity contribution < 1.29 is 13.9 Å². The van der Waals surface area contributed by atoms with E-state index in [1.165, 1.54) is 0 Å². The second-order valence-electron chi connectivity index (χ2n) is 7.14. The molecule has 3 rings (SSSR count). The lowest BCUT2D eigenvalue weighted by atomic mass is 9.97. The van der Waals surface area contributed by atoms with Crippen molar-refractivity contribution in [2.45, 2.75) is 40.2 Å². The first-order chi connectivity index (χ1) is 12.4. The number of ether oxygens (including phenoxy) is 1. The lowest BCUT2D eigenvalue weighted by Crippen LogP contribution is -2.40. The lowest BCUT2D eigenvalue weighted by molar-refractivity contribution is -0.123. The number of benzene rings is 1. The molecule has 1 amide bonds. The van der Waals surface area contributed by atoms with Gasteiger partial charge in [0.2, 0.25) is 11.8 Å². The third kappa shape index (κ3) is 3.75. The number of methoxy groups -OCH3 is 1. The molecule has 6 heteroatoms. The van der Waals surface area contributed by atoms with E-state index in [0.29, 0.717) is 19.0 Å². The maximum absolute atomic E-state index is 11.5. The van der Waals surface area contributed by atoms with Gasteiger partial charge in [-0.1, -0.05) is 0 Å². The van der Waals surface area contributed by atoms with Gasteiger partial charge in [-0.15, -0.1) is 0 Å². The standard InChI is InChI=1S/C20H27N3O3/c1-12-9-18(25-4)13(2)8-16(12)20-22-17(14(3)26-20)11-23-7-5-6-15(10-23)19(21)24/h8-9,15H,5-7,10-11H2,1-4H3,(H2,21,24)/t15-/m0/s1. The van der Waals surface area contributed by atoms with Crippen LogP contribution in [0.2, 0.25) is 0 Å². The molecule has 140 valence electrons. The Hall–Kier alpha value is -2.34. The number of likely N-dealkylation sites (tertiary alicyclic amines) is 1. The number of nitrogens with two attached hydrogens (primary N) is 1. The second-order valence-corrected chi connectivity index (χ2v) is 7.14. The van der Waals surface area contributed by atoms with Gasteiger partial charge < -0.3 is 14.9 Å². The molecule has 0 bridgehead atoms. The zero-order valence-corrected chi connectivity index (χ0v) is 16.0. The zero-order chi connectivity index (χ0) is 18.8. The van der Waals surface area contributed by atoms with Crippen LogP contribution in [0, 0.1) is 26.7 Å². The van der Waals surface area contributed by atoms with Gasteiger partial charge in [0.1, 0.15) is 11.5 Å². The van der Waals surface area contributed by atoms with Crippen molar-refractivity contribution >= 4 is 5.91 Å². The molecule has 1 atom stereocenters. The van der Waals surface area contributed by atoms with E-state index in [4.69, 9.17) is 19.9 Å². The number of amides is 1. The number of carbonyl (C=O) groups is 1. The molecule has 1 saturated heterocycles. The minimum Gasteiger partial charge on any atom is -0.496 e. The number of hydrogen-bond donors (Lipinski definition) is 1. The summed E-state index contributed by atoms with van der Waals surface area (Å²) in [6.45, 7) is 8.29. The van der Waals surface area contributed by atoms with E-state index in [1.54, 1.807) is 7.11 Å². The molecule has 1 aromatic heterocycles. The van der Waals surface area contributed by atoms with Gasteiger partial charge in [0.05, 0.1) is 18.7 Å². The molecule has 0 radical (unpaired) electrons. The summed E-state index contributed by atoms with van der Waals surface area (Å²) >= 11 is 0. The van der Waals surface area contributed by atoms with Crippen LogP contribution < -0.4 is 10.5 Å². The second kappa shape index (κ2) is 7.50. The minimum absolute atomic E-state index is 0.0677. The number of hydrogen-bond acceptors (Lipinski definition) is 5. The van der Waals surface area contributed by atoms with Crippen LogP contribution in [-0.4, -0.2) is 36.0 Å². The van der Waals surface area contributed by atoms with Gasteiger partial charge in [-0.05, 0) is 63.4 Å². The summed E-state index contributed by atoms with van der Waals surface area (Å²) in [6, 6.07) is 4.05. The number of oxazole rings is 1. The number of aryl methyl sites for hydroxylation is 3. The van der Waals surface area contributed by atoms with E-state index in [-0.39, 0.29) is 11.8 Å². The summed E-state index contributed by atoms with van der Waals surface area (Å²) in [5, 5.41) is 0. The first-order valence-electron chi connectivity index (χ1n) is 9.02. The maximum atomic E-state index is 11.5. The molecule has 2 N–H and O–H groups in total. The van der Waals surface area contributed by atoms with Gasteiger partial charge in [0.15, 0.2) is 0 Å². The average molecular weight is 357 g/mol. The van der Waals surface area contributed by atoms with Crippen molar-refractivity contribution in [3.8, 4) is 17.2 Å². The van der Waals surface area contributed by atoms with Crippen LogP contribution in [0.25, 0.3) is 11.5 Å². The number of aromatic nitrogens is 1. The van der Waals surface area contributed by atoms with Crippen LogP contribution in [0.3, 0.4) is 0 Å². The van der Waals surface area contributed by atoms with Gasteiger partial charge in [0, 0.05) is 18.7 Å². The van der Waals surface area contributed by atoms with E-state index < -0.39 is 0 Å². The third-order valence-corrected chi connectivity index (χ3v) is 5.15. The molecule has 0 spiro atoms. The predicted molar refractivity (Wildman–Crippen MR) is 99.9 cm³/mol. The summed E-state index contributed by atoms with van der Waals surface area (Å²) in [5.41, 5.74) is 9.48. The number of nitrogens with zero attached hydrogens (tertiary/aromatic N) is 2. The van der Waals surface area contributed by atoms with Crippen LogP contribution >= 0.6 is 0 Å². The van der Waals surface area contributed by atoms with E-state index in [9.17, 15) is 4.79 Å². The van der Waals surface area contributed by atoms with Gasteiger partial charge >= 0.3 is 0 Å². The molecule has 2 heterocycles. The highest BCUT2D eigenvalue weighted by molar-refractivity contribution is 5.76. The zero-order valence-electron chi connectivity index (χ0n) is 16.0. The van der Waals surface area contributed by atoms with Gasteiger partial charge in [-0.25, -0.2) is 4.98 Å². The Bertz CT molecular complexity index is 813. The molecular weight excluding hydrogens is 330 g/mol. The van der Waals surface area contributed by atoms with Gasteiger partial charge in [-0.2, -0.15) is 0 Å². The number of carbonyl (C=O) groups excluding carboxylic acids is 1. The summed E-state index contributed by atoms with van der Waals surface area (Å²) in [7, 11) is 1.67. The molecule has 1 aliphatic rings. The molecule has 0 aliphatic carbocycles. The summed E-state index contributed by atoms with van der Waals surface area (Å²) in [4.78, 5) is 18.5. The Morgan fingerprint density at radius 1 is 1.35 bits per heavy atom. The summed E-state index contributed by atoms with van der Waals surface area (Å²) < 4.78 is 11.3. The Kier molecular flexibility index (Phi) is 5.32. The number of piperidine rings is 1. The lowest BCUT2D eigenvalue weighted by Gasteiger charge is -2.30. The maximum Gasteiger partial charge on any atom is 0.226 e. The molecule has 26 heavy (non-hydrogen) atoms. The predicted octanol–water partition coefficient (Wildman–Crippen LogP) is 2.97. The topological polar surface area (TPSA) is 81.6 Å². The summed E-state index contributed by atoms with van der Waals surface area (Å²) in [5.74, 6) is 2.03. The largest absolute Gasteiger partial charge is 0.496 e. The molecule has 0 unspecified atom stereocenters. The van der Waals surface area contributed by atoms with Crippen molar-refractivity contribution in [3.05, 3.63) is 34.7 Å². The van der Waals surface area contributed by atoms with E-state index >= 15 is 0 Å². The monoisotopic (exact) mass is 357 g/mol. The smallest absolute Gasteiger partial charge is 0.226 e. The Morgan fingerprint density at radius 2 is 2.12 bits per heavy atom. The van der Waals surface area contributed by atoms with Crippen molar-refractivity contribution in [1.82, 2.24) is 9.88 Å². The average Bonchev–Trinajstić information content (AvgIpc) is 2.97. The Labute approximate surface area is 154 Å². The van der Waals surface area contributed by atoms with Crippen molar-refractivity contribution in [1.29, 1.82) is 0 Å². The fraction of sp³-hybridized carbons (Fsp3) is 0.500. The molecule has 6 nitrogen and oxygen atoms in total. The van der Waals surface area contributed by atoms with Gasteiger partial charge in [0.25, 0.3) is 0 Å². The molecule has 2 aromatic rings. The summed E-state index contributed by atoms with van der Waals surface area (Å²) in [6.07, 6.45) is 1.85. The van der Waals surface area contributed by atoms with Gasteiger partial charge in [-0.3, -0.25) is 9.69 Å². The fourth-order valence-electron chi connectivity index (χ4n) is 3.57. The van der Waals surface area contributed by atoms with Crippen LogP contribution in [0.4, 0.5) is 0 Å². The molecular formula is C20H27N3O3. The van der Waals surface area contributed by atoms with E-state index in [0.717, 1.165) is 53.3 Å². The Morgan fingerprint density at radius 3 is 2.81 bits per heavy atom. The van der Waals surface area contributed by atoms with Crippen molar-refractivity contribution in [2.75, 3.05) is 20.2 Å². The number of rotatable bonds is 5. The van der Waals surface area contributed by atoms with Crippen LogP contribution in [0.15, 0.2) is 16.5 Å². The van der Waals surface area contributed by atoms with E-state index in [1.807, 2.05) is 32.9 Å². The normalized spacial score (nSPS) is 18.1. The van der Waals surface area contributed by atoms with E-state index in [2.05, 4.69) is 4.90 Å². The highest BCUT2D eigenvalue weighted by Crippen LogP contribution is 2.31. The fourth-order valence-corrected chi connectivity index (χ4v) is 3.57. The molecule has 1 aromatic carbocycles. The number of primary amides is 1. The van der Waals surface area contributed by atoms with Crippen LogP contribution in [0.5, 0.6) is 5.75 Å². The quantitative estimate of drug-likeness (QED) is 0.890. The molecule has 0 saturated carbocycles. The first-order valence-corrected chi connectivity index (χ1v) is 9.02. The SMILES string of the molecule is COc1cc(C)c(-c2nc(CN3CCC[C@H](C(N)=O)C3)c(C)o2)cc1C. The Balaban J connectivity index is 1.81. The van der Waals surface area contributed by atoms with Crippen LogP contribution in [-0.2, 0) is 11.3 Å². The highest BCUT2D eigenvalue weighted by atomic mass is 16.5. The molecule has 1 aliphatic heterocycles. The van der Waals surface area contributed by atoms with Crippen molar-refractivity contribution in [2.24, 2.45) is 11.7 Å². The first kappa shape index (κ1) is 18.5. The molecule has 1 fully saturated rings. The highest BCUT2D eigenvalue weighted by Gasteiger charge is 2.25.